The van der Waals surface area contributed by atoms with Gasteiger partial charge in [-0.15, -0.1) is 0 Å². The van der Waals surface area contributed by atoms with Gasteiger partial charge < -0.3 is 15.5 Å². The van der Waals surface area contributed by atoms with Crippen LogP contribution in [0.4, 0.5) is 11.4 Å². The van der Waals surface area contributed by atoms with E-state index in [0.717, 1.165) is 43.1 Å². The zero-order chi connectivity index (χ0) is 15.4. The molecule has 1 aliphatic rings. The molecule has 22 heavy (non-hydrogen) atoms. The average molecular weight is 295 g/mol. The van der Waals surface area contributed by atoms with Crippen molar-refractivity contribution < 1.29 is 4.79 Å². The highest BCUT2D eigenvalue weighted by Gasteiger charge is 2.13. The summed E-state index contributed by atoms with van der Waals surface area (Å²) in [5.41, 5.74) is 3.73. The molecule has 3 rings (SSSR count). The number of hydrogen-bond donors (Lipinski definition) is 2. The van der Waals surface area contributed by atoms with Crippen LogP contribution in [0, 0.1) is 6.92 Å². The van der Waals surface area contributed by atoms with Crippen molar-refractivity contribution in [2.45, 2.75) is 6.92 Å². The Morgan fingerprint density at radius 3 is 2.64 bits per heavy atom. The number of hydrogen-bond acceptors (Lipinski definition) is 3. The molecule has 0 spiro atoms. The smallest absolute Gasteiger partial charge is 0.255 e. The van der Waals surface area contributed by atoms with E-state index in [1.807, 2.05) is 49.4 Å². The van der Waals surface area contributed by atoms with Crippen LogP contribution in [0.2, 0.25) is 0 Å². The fourth-order valence-corrected chi connectivity index (χ4v) is 2.67. The van der Waals surface area contributed by atoms with Gasteiger partial charge in [0.25, 0.3) is 5.91 Å². The van der Waals surface area contributed by atoms with Crippen molar-refractivity contribution in [1.82, 2.24) is 5.32 Å². The molecule has 1 saturated heterocycles. The number of piperazine rings is 1. The summed E-state index contributed by atoms with van der Waals surface area (Å²) in [5.74, 6) is -0.0636. The van der Waals surface area contributed by atoms with Crippen LogP contribution >= 0.6 is 0 Å². The van der Waals surface area contributed by atoms with Crippen LogP contribution in [-0.4, -0.2) is 32.1 Å². The zero-order valence-electron chi connectivity index (χ0n) is 12.8. The fraction of sp³-hybridized carbons (Fsp3) is 0.278. The van der Waals surface area contributed by atoms with E-state index in [1.165, 1.54) is 0 Å². The number of nitrogens with zero attached hydrogens (tertiary/aromatic N) is 1. The molecule has 0 unspecified atom stereocenters. The topological polar surface area (TPSA) is 44.4 Å². The molecule has 2 N–H and O–H groups in total. The summed E-state index contributed by atoms with van der Waals surface area (Å²) in [6.07, 6.45) is 0. The lowest BCUT2D eigenvalue weighted by Gasteiger charge is -2.29. The Labute approximate surface area is 131 Å². The molecule has 1 aliphatic heterocycles. The first-order valence-electron chi connectivity index (χ1n) is 7.67. The minimum absolute atomic E-state index is 0.0636. The van der Waals surface area contributed by atoms with Gasteiger partial charge in [-0.2, -0.15) is 0 Å². The lowest BCUT2D eigenvalue weighted by molar-refractivity contribution is 0.102. The Balaban J connectivity index is 1.76. The molecule has 0 radical (unpaired) electrons. The summed E-state index contributed by atoms with van der Waals surface area (Å²) >= 11 is 0. The van der Waals surface area contributed by atoms with Gasteiger partial charge >= 0.3 is 0 Å². The van der Waals surface area contributed by atoms with Crippen molar-refractivity contribution in [2.75, 3.05) is 36.4 Å². The standard InChI is InChI=1S/C18H21N3O/c1-14-5-2-3-8-17(14)20-18(22)15-6-4-7-16(13-15)21-11-9-19-10-12-21/h2-8,13,19H,9-12H2,1H3,(H,20,22). The normalized spacial score (nSPS) is 14.7. The zero-order valence-corrected chi connectivity index (χ0v) is 12.8. The second-order valence-electron chi connectivity index (χ2n) is 5.56. The van der Waals surface area contributed by atoms with E-state index in [1.54, 1.807) is 0 Å². The number of para-hydroxylation sites is 1. The van der Waals surface area contributed by atoms with Gasteiger partial charge in [-0.3, -0.25) is 4.79 Å². The highest BCUT2D eigenvalue weighted by molar-refractivity contribution is 6.05. The van der Waals surface area contributed by atoms with Crippen molar-refractivity contribution >= 4 is 17.3 Å². The maximum Gasteiger partial charge on any atom is 0.255 e. The van der Waals surface area contributed by atoms with Crippen LogP contribution in [-0.2, 0) is 0 Å². The van der Waals surface area contributed by atoms with Crippen LogP contribution in [0.1, 0.15) is 15.9 Å². The van der Waals surface area contributed by atoms with Gasteiger partial charge in [-0.1, -0.05) is 24.3 Å². The third-order valence-corrected chi connectivity index (χ3v) is 3.98. The summed E-state index contributed by atoms with van der Waals surface area (Å²) in [6, 6.07) is 15.7. The number of benzene rings is 2. The second-order valence-corrected chi connectivity index (χ2v) is 5.56. The molecule has 0 atom stereocenters. The molecule has 1 fully saturated rings. The van der Waals surface area contributed by atoms with Gasteiger partial charge in [0, 0.05) is 43.1 Å². The molecule has 114 valence electrons. The highest BCUT2D eigenvalue weighted by atomic mass is 16.1. The third kappa shape index (κ3) is 3.28. The van der Waals surface area contributed by atoms with Crippen LogP contribution in [0.3, 0.4) is 0 Å². The van der Waals surface area contributed by atoms with E-state index in [0.29, 0.717) is 5.56 Å². The molecule has 0 saturated carbocycles. The first-order valence-corrected chi connectivity index (χ1v) is 7.67. The third-order valence-electron chi connectivity index (χ3n) is 3.98. The van der Waals surface area contributed by atoms with Crippen molar-refractivity contribution in [1.29, 1.82) is 0 Å². The molecule has 0 aliphatic carbocycles. The lowest BCUT2D eigenvalue weighted by Crippen LogP contribution is -2.43. The molecule has 1 heterocycles. The molecule has 1 amide bonds. The van der Waals surface area contributed by atoms with Gasteiger partial charge in [-0.25, -0.2) is 0 Å². The number of amides is 1. The first kappa shape index (κ1) is 14.6. The molecular weight excluding hydrogens is 274 g/mol. The number of carbonyl (C=O) groups is 1. The Morgan fingerprint density at radius 1 is 1.09 bits per heavy atom. The van der Waals surface area contributed by atoms with Gasteiger partial charge in [0.05, 0.1) is 0 Å². The van der Waals surface area contributed by atoms with E-state index in [9.17, 15) is 4.79 Å². The number of aryl methyl sites for hydroxylation is 1. The average Bonchev–Trinajstić information content (AvgIpc) is 2.58. The van der Waals surface area contributed by atoms with Crippen LogP contribution in [0.5, 0.6) is 0 Å². The quantitative estimate of drug-likeness (QED) is 0.915. The van der Waals surface area contributed by atoms with Crippen LogP contribution in [0.25, 0.3) is 0 Å². The van der Waals surface area contributed by atoms with E-state index in [4.69, 9.17) is 0 Å². The SMILES string of the molecule is Cc1ccccc1NC(=O)c1cccc(N2CCNCC2)c1. The fourth-order valence-electron chi connectivity index (χ4n) is 2.67. The van der Waals surface area contributed by atoms with Crippen molar-refractivity contribution in [3.8, 4) is 0 Å². The Kier molecular flexibility index (Phi) is 4.39. The monoisotopic (exact) mass is 295 g/mol. The van der Waals surface area contributed by atoms with E-state index in [2.05, 4.69) is 21.6 Å². The molecule has 4 nitrogen and oxygen atoms in total. The van der Waals surface area contributed by atoms with Gasteiger partial charge in [0.1, 0.15) is 0 Å². The maximum absolute atomic E-state index is 12.5. The largest absolute Gasteiger partial charge is 0.369 e. The number of carbonyl (C=O) groups excluding carboxylic acids is 1. The molecule has 2 aromatic rings. The van der Waals surface area contributed by atoms with E-state index in [-0.39, 0.29) is 5.91 Å². The van der Waals surface area contributed by atoms with E-state index >= 15 is 0 Å². The van der Waals surface area contributed by atoms with Crippen LogP contribution < -0.4 is 15.5 Å². The minimum atomic E-state index is -0.0636. The molecule has 2 aromatic carbocycles. The summed E-state index contributed by atoms with van der Waals surface area (Å²) < 4.78 is 0. The first-order chi connectivity index (χ1) is 10.7. The molecule has 0 bridgehead atoms. The minimum Gasteiger partial charge on any atom is -0.369 e. The Bertz CT molecular complexity index is 663. The summed E-state index contributed by atoms with van der Waals surface area (Å²) in [5, 5.41) is 6.33. The molecule has 4 heteroatoms. The highest BCUT2D eigenvalue weighted by Crippen LogP contribution is 2.19. The number of anilines is 2. The molecular formula is C18H21N3O. The van der Waals surface area contributed by atoms with Crippen molar-refractivity contribution in [3.63, 3.8) is 0 Å². The van der Waals surface area contributed by atoms with Gasteiger partial charge in [0.2, 0.25) is 0 Å². The van der Waals surface area contributed by atoms with E-state index < -0.39 is 0 Å². The predicted molar refractivity (Wildman–Crippen MR) is 90.7 cm³/mol. The second kappa shape index (κ2) is 6.62. The van der Waals surface area contributed by atoms with Crippen molar-refractivity contribution in [2.24, 2.45) is 0 Å². The maximum atomic E-state index is 12.5. The summed E-state index contributed by atoms with van der Waals surface area (Å²) in [6.45, 7) is 5.91. The van der Waals surface area contributed by atoms with Crippen molar-refractivity contribution in [3.05, 3.63) is 59.7 Å². The number of nitrogens with one attached hydrogen (secondary N) is 2. The lowest BCUT2D eigenvalue weighted by atomic mass is 10.1. The summed E-state index contributed by atoms with van der Waals surface area (Å²) in [7, 11) is 0. The predicted octanol–water partition coefficient (Wildman–Crippen LogP) is 2.66. The number of rotatable bonds is 3. The van der Waals surface area contributed by atoms with Crippen LogP contribution in [0.15, 0.2) is 48.5 Å². The Hall–Kier alpha value is -2.33. The molecule has 0 aromatic heterocycles. The Morgan fingerprint density at radius 2 is 1.86 bits per heavy atom. The van der Waals surface area contributed by atoms with Gasteiger partial charge in [0.15, 0.2) is 0 Å². The summed E-state index contributed by atoms with van der Waals surface area (Å²) in [4.78, 5) is 14.8. The van der Waals surface area contributed by atoms with Gasteiger partial charge in [-0.05, 0) is 36.8 Å².